The van der Waals surface area contributed by atoms with E-state index in [0.717, 1.165) is 31.5 Å². The molecule has 2 fully saturated rings. The van der Waals surface area contributed by atoms with E-state index in [0.29, 0.717) is 0 Å². The molecular formula is C14H28IN3. The van der Waals surface area contributed by atoms with Crippen LogP contribution in [0, 0.1) is 5.92 Å². The summed E-state index contributed by atoms with van der Waals surface area (Å²) in [6.07, 6.45) is 12.3. The SMILES string of the molecule is I.NC(=NCCC1CCCCC1)N1CCCCC1. The predicted molar refractivity (Wildman–Crippen MR) is 88.5 cm³/mol. The number of hydrogen-bond acceptors (Lipinski definition) is 1. The van der Waals surface area contributed by atoms with Crippen molar-refractivity contribution in [2.45, 2.75) is 57.8 Å². The van der Waals surface area contributed by atoms with Crippen molar-refractivity contribution in [1.82, 2.24) is 4.90 Å². The van der Waals surface area contributed by atoms with Crippen LogP contribution >= 0.6 is 24.0 Å². The lowest BCUT2D eigenvalue weighted by atomic mass is 9.87. The standard InChI is InChI=1S/C14H27N3.HI/c15-14(17-11-5-2-6-12-17)16-10-9-13-7-3-1-4-8-13;/h13H,1-12H2,(H2,15,16);1H. The lowest BCUT2D eigenvalue weighted by Gasteiger charge is -2.27. The first-order valence-corrected chi connectivity index (χ1v) is 7.41. The summed E-state index contributed by atoms with van der Waals surface area (Å²) in [6.45, 7) is 3.16. The second-order valence-corrected chi connectivity index (χ2v) is 5.58. The Morgan fingerprint density at radius 2 is 1.61 bits per heavy atom. The number of guanidine groups is 1. The van der Waals surface area contributed by atoms with Crippen LogP contribution in [0.25, 0.3) is 0 Å². The molecule has 1 aliphatic heterocycles. The Morgan fingerprint density at radius 3 is 2.28 bits per heavy atom. The van der Waals surface area contributed by atoms with E-state index in [1.807, 2.05) is 0 Å². The van der Waals surface area contributed by atoms with Crippen LogP contribution in [-0.4, -0.2) is 30.5 Å². The Labute approximate surface area is 129 Å². The van der Waals surface area contributed by atoms with Gasteiger partial charge in [0.05, 0.1) is 0 Å². The molecule has 2 rings (SSSR count). The number of likely N-dealkylation sites (tertiary alicyclic amines) is 1. The van der Waals surface area contributed by atoms with E-state index >= 15 is 0 Å². The topological polar surface area (TPSA) is 41.6 Å². The largest absolute Gasteiger partial charge is 0.370 e. The predicted octanol–water partition coefficient (Wildman–Crippen LogP) is 3.38. The van der Waals surface area contributed by atoms with E-state index in [9.17, 15) is 0 Å². The van der Waals surface area contributed by atoms with Gasteiger partial charge in [-0.1, -0.05) is 32.1 Å². The zero-order valence-electron chi connectivity index (χ0n) is 11.4. The summed E-state index contributed by atoms with van der Waals surface area (Å²) in [6, 6.07) is 0. The molecule has 0 spiro atoms. The zero-order chi connectivity index (χ0) is 11.9. The van der Waals surface area contributed by atoms with E-state index in [1.165, 1.54) is 57.8 Å². The lowest BCUT2D eigenvalue weighted by molar-refractivity contribution is 0.331. The van der Waals surface area contributed by atoms with Crippen LogP contribution in [0.3, 0.4) is 0 Å². The highest BCUT2D eigenvalue weighted by Gasteiger charge is 2.14. The Morgan fingerprint density at radius 1 is 1.00 bits per heavy atom. The van der Waals surface area contributed by atoms with Crippen LogP contribution in [0.2, 0.25) is 0 Å². The Balaban J connectivity index is 0.00000162. The van der Waals surface area contributed by atoms with Crippen LogP contribution in [-0.2, 0) is 0 Å². The van der Waals surface area contributed by atoms with E-state index < -0.39 is 0 Å². The number of halogens is 1. The van der Waals surface area contributed by atoms with Crippen LogP contribution < -0.4 is 5.73 Å². The summed E-state index contributed by atoms with van der Waals surface area (Å²) in [5, 5.41) is 0. The van der Waals surface area contributed by atoms with E-state index in [2.05, 4.69) is 9.89 Å². The first kappa shape index (κ1) is 16.1. The summed E-state index contributed by atoms with van der Waals surface area (Å²) >= 11 is 0. The number of nitrogens with zero attached hydrogens (tertiary/aromatic N) is 2. The molecule has 1 aliphatic carbocycles. The Bertz CT molecular complexity index is 243. The lowest BCUT2D eigenvalue weighted by Crippen LogP contribution is -2.41. The summed E-state index contributed by atoms with van der Waals surface area (Å²) in [5.41, 5.74) is 6.04. The van der Waals surface area contributed by atoms with Crippen molar-refractivity contribution in [2.75, 3.05) is 19.6 Å². The summed E-state index contributed by atoms with van der Waals surface area (Å²) < 4.78 is 0. The molecule has 0 amide bonds. The third-order valence-electron chi connectivity index (χ3n) is 4.22. The molecule has 4 heteroatoms. The molecule has 0 unspecified atom stereocenters. The fraction of sp³-hybridized carbons (Fsp3) is 0.929. The average Bonchev–Trinajstić information content (AvgIpc) is 2.41. The maximum Gasteiger partial charge on any atom is 0.191 e. The molecule has 0 bridgehead atoms. The van der Waals surface area contributed by atoms with Crippen molar-refractivity contribution in [1.29, 1.82) is 0 Å². The van der Waals surface area contributed by atoms with Crippen molar-refractivity contribution < 1.29 is 0 Å². The molecular weight excluding hydrogens is 337 g/mol. The Kier molecular flexibility index (Phi) is 8.02. The molecule has 0 radical (unpaired) electrons. The number of nitrogens with two attached hydrogens (primary N) is 1. The average molecular weight is 365 g/mol. The Hall–Kier alpha value is 0. The molecule has 1 heterocycles. The normalized spacial score (nSPS) is 22.7. The highest BCUT2D eigenvalue weighted by molar-refractivity contribution is 14.0. The third kappa shape index (κ3) is 5.33. The molecule has 0 aromatic rings. The second-order valence-electron chi connectivity index (χ2n) is 5.58. The number of aliphatic imine (C=N–C) groups is 1. The fourth-order valence-electron chi connectivity index (χ4n) is 3.06. The van der Waals surface area contributed by atoms with Crippen molar-refractivity contribution in [2.24, 2.45) is 16.6 Å². The molecule has 2 N–H and O–H groups in total. The minimum atomic E-state index is 0. The molecule has 1 saturated heterocycles. The minimum Gasteiger partial charge on any atom is -0.370 e. The first-order valence-electron chi connectivity index (χ1n) is 7.41. The van der Waals surface area contributed by atoms with Gasteiger partial charge in [0.2, 0.25) is 0 Å². The van der Waals surface area contributed by atoms with Crippen molar-refractivity contribution in [3.8, 4) is 0 Å². The maximum atomic E-state index is 6.04. The number of hydrogen-bond donors (Lipinski definition) is 1. The van der Waals surface area contributed by atoms with Gasteiger partial charge in [0.25, 0.3) is 0 Å². The third-order valence-corrected chi connectivity index (χ3v) is 4.22. The zero-order valence-corrected chi connectivity index (χ0v) is 13.8. The molecule has 18 heavy (non-hydrogen) atoms. The molecule has 2 aliphatic rings. The van der Waals surface area contributed by atoms with Gasteiger partial charge in [-0.25, -0.2) is 0 Å². The number of piperidine rings is 1. The summed E-state index contributed by atoms with van der Waals surface area (Å²) in [7, 11) is 0. The highest BCUT2D eigenvalue weighted by Crippen LogP contribution is 2.26. The quantitative estimate of drug-likeness (QED) is 0.473. The van der Waals surface area contributed by atoms with Gasteiger partial charge in [-0.05, 0) is 31.6 Å². The number of rotatable bonds is 3. The van der Waals surface area contributed by atoms with Crippen LogP contribution in [0.1, 0.15) is 57.8 Å². The summed E-state index contributed by atoms with van der Waals surface area (Å²) in [4.78, 5) is 6.82. The monoisotopic (exact) mass is 365 g/mol. The highest BCUT2D eigenvalue weighted by atomic mass is 127. The molecule has 0 atom stereocenters. The van der Waals surface area contributed by atoms with Crippen molar-refractivity contribution >= 4 is 29.9 Å². The van der Waals surface area contributed by atoms with Gasteiger partial charge in [0.1, 0.15) is 0 Å². The molecule has 106 valence electrons. The molecule has 1 saturated carbocycles. The molecule has 0 aromatic carbocycles. The first-order chi connectivity index (χ1) is 8.36. The second kappa shape index (κ2) is 8.99. The van der Waals surface area contributed by atoms with E-state index in [1.54, 1.807) is 0 Å². The van der Waals surface area contributed by atoms with Gasteiger partial charge in [-0.2, -0.15) is 0 Å². The van der Waals surface area contributed by atoms with Gasteiger partial charge < -0.3 is 10.6 Å². The van der Waals surface area contributed by atoms with Crippen LogP contribution in [0.4, 0.5) is 0 Å². The maximum absolute atomic E-state index is 6.04. The van der Waals surface area contributed by atoms with Crippen molar-refractivity contribution in [3.63, 3.8) is 0 Å². The van der Waals surface area contributed by atoms with Crippen LogP contribution in [0.5, 0.6) is 0 Å². The molecule has 3 nitrogen and oxygen atoms in total. The van der Waals surface area contributed by atoms with Gasteiger partial charge in [-0.3, -0.25) is 4.99 Å². The van der Waals surface area contributed by atoms with Gasteiger partial charge >= 0.3 is 0 Å². The fourth-order valence-corrected chi connectivity index (χ4v) is 3.06. The molecule has 0 aromatic heterocycles. The minimum absolute atomic E-state index is 0. The van der Waals surface area contributed by atoms with E-state index in [-0.39, 0.29) is 24.0 Å². The van der Waals surface area contributed by atoms with Crippen molar-refractivity contribution in [3.05, 3.63) is 0 Å². The smallest absolute Gasteiger partial charge is 0.191 e. The van der Waals surface area contributed by atoms with Gasteiger partial charge in [0, 0.05) is 19.6 Å². The summed E-state index contributed by atoms with van der Waals surface area (Å²) in [5.74, 6) is 1.71. The van der Waals surface area contributed by atoms with Gasteiger partial charge in [0.15, 0.2) is 5.96 Å². The van der Waals surface area contributed by atoms with Crippen LogP contribution in [0.15, 0.2) is 4.99 Å². The van der Waals surface area contributed by atoms with E-state index in [4.69, 9.17) is 5.73 Å². The van der Waals surface area contributed by atoms with Gasteiger partial charge in [-0.15, -0.1) is 24.0 Å².